The number of anilines is 1. The van der Waals surface area contributed by atoms with Gasteiger partial charge in [-0.05, 0) is 37.4 Å². The van der Waals surface area contributed by atoms with Gasteiger partial charge in [0.15, 0.2) is 5.17 Å². The van der Waals surface area contributed by atoms with E-state index >= 15 is 0 Å². The van der Waals surface area contributed by atoms with Crippen LogP contribution in [0.15, 0.2) is 45.1 Å². The number of nitrogens with one attached hydrogen (secondary N) is 2. The van der Waals surface area contributed by atoms with Crippen LogP contribution in [0, 0.1) is 0 Å². The van der Waals surface area contributed by atoms with Gasteiger partial charge in [0.1, 0.15) is 0 Å². The van der Waals surface area contributed by atoms with Gasteiger partial charge < -0.3 is 10.2 Å². The molecule has 0 saturated carbocycles. The first-order valence-electron chi connectivity index (χ1n) is 8.38. The molecule has 0 aromatic heterocycles. The van der Waals surface area contributed by atoms with Gasteiger partial charge in [0, 0.05) is 24.1 Å². The van der Waals surface area contributed by atoms with Crippen molar-refractivity contribution in [3.63, 3.8) is 0 Å². The molecule has 0 aliphatic carbocycles. The minimum absolute atomic E-state index is 0.121. The minimum atomic E-state index is -3.70. The first-order chi connectivity index (χ1) is 12.3. The number of nitrogens with zero attached hydrogens (tertiary/aromatic N) is 2. The summed E-state index contributed by atoms with van der Waals surface area (Å²) >= 11 is 1.34. The van der Waals surface area contributed by atoms with E-state index < -0.39 is 10.0 Å². The Morgan fingerprint density at radius 1 is 1.27 bits per heavy atom. The largest absolute Gasteiger partial charge is 0.326 e. The number of hydrogen-bond donors (Lipinski definition) is 2. The summed E-state index contributed by atoms with van der Waals surface area (Å²) in [4.78, 5) is 18.7. The molecular weight excluding hydrogens is 372 g/mol. The molecule has 0 unspecified atom stereocenters. The summed E-state index contributed by atoms with van der Waals surface area (Å²) in [7, 11) is -3.70. The van der Waals surface area contributed by atoms with Crippen molar-refractivity contribution in [3.05, 3.63) is 35.2 Å². The standard InChI is InChI=1S/C17H24N4O3S2/c1-4-21(5-2)11-10-15-12-18-17(25-15)20-26(23,24)16-8-6-14(7-9-16)19-13(3)22/h6-10H,4-5,11-12H2,1-3H3,(H,18,20)(H,19,22). The summed E-state index contributed by atoms with van der Waals surface area (Å²) < 4.78 is 27.5. The average Bonchev–Trinajstić information content (AvgIpc) is 3.02. The van der Waals surface area contributed by atoms with Crippen LogP contribution in [0.1, 0.15) is 20.8 Å². The fourth-order valence-electron chi connectivity index (χ4n) is 2.31. The second kappa shape index (κ2) is 9.20. The third kappa shape index (κ3) is 5.86. The van der Waals surface area contributed by atoms with E-state index in [1.807, 2.05) is 0 Å². The van der Waals surface area contributed by atoms with E-state index in [0.29, 0.717) is 17.4 Å². The molecule has 1 heterocycles. The number of carbonyl (C=O) groups is 1. The quantitative estimate of drug-likeness (QED) is 0.738. The van der Waals surface area contributed by atoms with Crippen LogP contribution < -0.4 is 10.0 Å². The summed E-state index contributed by atoms with van der Waals surface area (Å²) in [5, 5.41) is 2.98. The van der Waals surface area contributed by atoms with Gasteiger partial charge in [-0.25, -0.2) is 8.42 Å². The highest BCUT2D eigenvalue weighted by atomic mass is 32.2. The third-order valence-electron chi connectivity index (χ3n) is 3.78. The summed E-state index contributed by atoms with van der Waals surface area (Å²) in [6.07, 6.45) is 2.09. The van der Waals surface area contributed by atoms with Gasteiger partial charge in [0.2, 0.25) is 5.91 Å². The van der Waals surface area contributed by atoms with Crippen LogP contribution in [0.3, 0.4) is 0 Å². The molecule has 7 nitrogen and oxygen atoms in total. The topological polar surface area (TPSA) is 90.9 Å². The molecule has 0 radical (unpaired) electrons. The molecule has 1 aliphatic heterocycles. The van der Waals surface area contributed by atoms with E-state index in [1.54, 1.807) is 12.1 Å². The van der Waals surface area contributed by atoms with Gasteiger partial charge in [-0.15, -0.1) is 0 Å². The van der Waals surface area contributed by atoms with Gasteiger partial charge in [0.25, 0.3) is 10.0 Å². The Kier molecular flexibility index (Phi) is 7.24. The predicted molar refractivity (Wildman–Crippen MR) is 107 cm³/mol. The Hall–Kier alpha value is -1.84. The van der Waals surface area contributed by atoms with E-state index in [4.69, 9.17) is 0 Å². The van der Waals surface area contributed by atoms with Crippen LogP contribution in [-0.4, -0.2) is 50.6 Å². The number of sulfonamides is 1. The highest BCUT2D eigenvalue weighted by Crippen LogP contribution is 2.25. The van der Waals surface area contributed by atoms with Crippen molar-refractivity contribution in [2.75, 3.05) is 31.5 Å². The van der Waals surface area contributed by atoms with Crippen molar-refractivity contribution in [3.8, 4) is 0 Å². The minimum Gasteiger partial charge on any atom is -0.326 e. The first kappa shape index (κ1) is 20.5. The fraction of sp³-hybridized carbons (Fsp3) is 0.412. The zero-order chi connectivity index (χ0) is 19.2. The lowest BCUT2D eigenvalue weighted by Gasteiger charge is -2.15. The molecule has 0 fully saturated rings. The molecule has 0 atom stereocenters. The average molecular weight is 397 g/mol. The second-order valence-electron chi connectivity index (χ2n) is 5.69. The van der Waals surface area contributed by atoms with Crippen molar-refractivity contribution in [2.24, 2.45) is 4.99 Å². The molecular formula is C17H24N4O3S2. The van der Waals surface area contributed by atoms with Crippen LogP contribution >= 0.6 is 11.8 Å². The fourth-order valence-corrected chi connectivity index (χ4v) is 4.37. The lowest BCUT2D eigenvalue weighted by molar-refractivity contribution is -0.114. The Morgan fingerprint density at radius 3 is 2.50 bits per heavy atom. The molecule has 1 aromatic carbocycles. The SMILES string of the molecule is CCN(CC)CC=C1CN=C(NS(=O)(=O)c2ccc(NC(C)=O)cc2)S1. The van der Waals surface area contributed by atoms with E-state index in [9.17, 15) is 13.2 Å². The van der Waals surface area contributed by atoms with Gasteiger partial charge in [0.05, 0.1) is 11.4 Å². The summed E-state index contributed by atoms with van der Waals surface area (Å²) in [5.41, 5.74) is 0.547. The Bertz CT molecular complexity index is 798. The summed E-state index contributed by atoms with van der Waals surface area (Å²) in [5.74, 6) is -0.209. The van der Waals surface area contributed by atoms with Crippen LogP contribution in [0.25, 0.3) is 0 Å². The highest BCUT2D eigenvalue weighted by Gasteiger charge is 2.21. The Labute approximate surface area is 159 Å². The molecule has 1 aliphatic rings. The van der Waals surface area contributed by atoms with Crippen LogP contribution in [-0.2, 0) is 14.8 Å². The summed E-state index contributed by atoms with van der Waals surface area (Å²) in [6.45, 7) is 8.88. The number of amidine groups is 1. The van der Waals surface area contributed by atoms with E-state index in [-0.39, 0.29) is 10.8 Å². The number of likely N-dealkylation sites (N-methyl/N-ethyl adjacent to an activating group) is 1. The molecule has 142 valence electrons. The van der Waals surface area contributed by atoms with Gasteiger partial charge >= 0.3 is 0 Å². The van der Waals surface area contributed by atoms with Gasteiger partial charge in [-0.1, -0.05) is 31.7 Å². The van der Waals surface area contributed by atoms with E-state index in [1.165, 1.54) is 30.8 Å². The van der Waals surface area contributed by atoms with Crippen LogP contribution in [0.4, 0.5) is 5.69 Å². The molecule has 9 heteroatoms. The number of carbonyl (C=O) groups excluding carboxylic acids is 1. The maximum Gasteiger partial charge on any atom is 0.263 e. The third-order valence-corrected chi connectivity index (χ3v) is 6.25. The number of rotatable bonds is 7. The molecule has 26 heavy (non-hydrogen) atoms. The smallest absolute Gasteiger partial charge is 0.263 e. The zero-order valence-corrected chi connectivity index (χ0v) is 16.8. The molecule has 0 saturated heterocycles. The van der Waals surface area contributed by atoms with Gasteiger partial charge in [-0.3, -0.25) is 14.5 Å². The zero-order valence-electron chi connectivity index (χ0n) is 15.2. The normalized spacial score (nSPS) is 16.0. The highest BCUT2D eigenvalue weighted by molar-refractivity contribution is 8.18. The lowest BCUT2D eigenvalue weighted by Crippen LogP contribution is -2.27. The van der Waals surface area contributed by atoms with Gasteiger partial charge in [-0.2, -0.15) is 0 Å². The number of amides is 1. The Morgan fingerprint density at radius 2 is 1.92 bits per heavy atom. The van der Waals surface area contributed by atoms with Crippen molar-refractivity contribution in [1.29, 1.82) is 0 Å². The second-order valence-corrected chi connectivity index (χ2v) is 8.49. The molecule has 1 aromatic rings. The molecule has 1 amide bonds. The first-order valence-corrected chi connectivity index (χ1v) is 10.7. The lowest BCUT2D eigenvalue weighted by atomic mass is 10.3. The van der Waals surface area contributed by atoms with Crippen molar-refractivity contribution < 1.29 is 13.2 Å². The number of hydrogen-bond acceptors (Lipinski definition) is 6. The number of aliphatic imine (C=N–C) groups is 1. The maximum absolute atomic E-state index is 12.5. The van der Waals surface area contributed by atoms with Crippen LogP contribution in [0.2, 0.25) is 0 Å². The number of benzene rings is 1. The molecule has 0 spiro atoms. The maximum atomic E-state index is 12.5. The number of thioether (sulfide) groups is 1. The monoisotopic (exact) mass is 396 g/mol. The van der Waals surface area contributed by atoms with Crippen LogP contribution in [0.5, 0.6) is 0 Å². The predicted octanol–water partition coefficient (Wildman–Crippen LogP) is 2.25. The van der Waals surface area contributed by atoms with Crippen molar-refractivity contribution >= 4 is 38.5 Å². The Balaban J connectivity index is 1.97. The van der Waals surface area contributed by atoms with E-state index in [0.717, 1.165) is 24.5 Å². The molecule has 2 rings (SSSR count). The molecule has 0 bridgehead atoms. The van der Waals surface area contributed by atoms with E-state index in [2.05, 4.69) is 39.9 Å². The molecule has 2 N–H and O–H groups in total. The van der Waals surface area contributed by atoms with Crippen molar-refractivity contribution in [1.82, 2.24) is 9.62 Å². The van der Waals surface area contributed by atoms with Crippen molar-refractivity contribution in [2.45, 2.75) is 25.7 Å². The summed E-state index contributed by atoms with van der Waals surface area (Å²) in [6, 6.07) is 6.00.